The molecule has 0 fully saturated rings. The van der Waals surface area contributed by atoms with Crippen LogP contribution < -0.4 is 5.32 Å². The van der Waals surface area contributed by atoms with Gasteiger partial charge in [0.25, 0.3) is 0 Å². The molecule has 2 rings (SSSR count). The number of ether oxygens (including phenoxy) is 1. The summed E-state index contributed by atoms with van der Waals surface area (Å²) in [5, 5.41) is 3.12. The zero-order chi connectivity index (χ0) is 16.8. The lowest BCUT2D eigenvalue weighted by atomic mass is 10.2. The van der Waals surface area contributed by atoms with Gasteiger partial charge in [-0.3, -0.25) is 4.79 Å². The Morgan fingerprint density at radius 1 is 1.26 bits per heavy atom. The molecule has 2 aromatic carbocycles. The molecule has 2 aromatic rings. The van der Waals surface area contributed by atoms with Gasteiger partial charge in [-0.1, -0.05) is 23.7 Å². The predicted molar refractivity (Wildman–Crippen MR) is 96.3 cm³/mol. The zero-order valence-corrected chi connectivity index (χ0v) is 15.3. The summed E-state index contributed by atoms with van der Waals surface area (Å²) in [4.78, 5) is 24.8. The number of thioether (sulfide) groups is 1. The van der Waals surface area contributed by atoms with Crippen molar-refractivity contribution in [2.75, 3.05) is 18.2 Å². The number of rotatable bonds is 5. The number of esters is 1. The van der Waals surface area contributed by atoms with Gasteiger partial charge in [0.15, 0.2) is 0 Å². The molecule has 0 bridgehead atoms. The van der Waals surface area contributed by atoms with Gasteiger partial charge in [0, 0.05) is 14.4 Å². The molecule has 1 N–H and O–H groups in total. The Balaban J connectivity index is 2.07. The number of amides is 1. The topological polar surface area (TPSA) is 55.4 Å². The Bertz CT molecular complexity index is 739. The van der Waals surface area contributed by atoms with Crippen molar-refractivity contribution in [1.29, 1.82) is 0 Å². The highest BCUT2D eigenvalue weighted by Crippen LogP contribution is 2.27. The van der Waals surface area contributed by atoms with Gasteiger partial charge in [-0.05, 0) is 46.3 Å². The maximum Gasteiger partial charge on any atom is 0.339 e. The Morgan fingerprint density at radius 3 is 2.70 bits per heavy atom. The van der Waals surface area contributed by atoms with Crippen molar-refractivity contribution < 1.29 is 14.3 Å². The molecule has 0 unspecified atom stereocenters. The molecular formula is C16H13BrClNO3S. The van der Waals surface area contributed by atoms with E-state index in [-0.39, 0.29) is 17.2 Å². The maximum absolute atomic E-state index is 12.1. The average molecular weight is 415 g/mol. The molecule has 1 amide bonds. The Morgan fingerprint density at radius 2 is 2.00 bits per heavy atom. The Kier molecular flexibility index (Phi) is 6.50. The summed E-state index contributed by atoms with van der Waals surface area (Å²) >= 11 is 10.7. The third-order valence-corrected chi connectivity index (χ3v) is 5.12. The quantitative estimate of drug-likeness (QED) is 0.573. The fourth-order valence-corrected chi connectivity index (χ4v) is 3.34. The molecule has 0 saturated heterocycles. The van der Waals surface area contributed by atoms with Gasteiger partial charge in [-0.25, -0.2) is 4.79 Å². The van der Waals surface area contributed by atoms with Crippen molar-refractivity contribution in [1.82, 2.24) is 0 Å². The van der Waals surface area contributed by atoms with Crippen LogP contribution in [-0.2, 0) is 9.53 Å². The second kappa shape index (κ2) is 8.38. The minimum absolute atomic E-state index is 0.204. The largest absolute Gasteiger partial charge is 0.465 e. The van der Waals surface area contributed by atoms with Crippen molar-refractivity contribution in [3.8, 4) is 0 Å². The van der Waals surface area contributed by atoms with Gasteiger partial charge in [0.2, 0.25) is 5.91 Å². The zero-order valence-electron chi connectivity index (χ0n) is 12.1. The molecule has 0 aliphatic carbocycles. The van der Waals surface area contributed by atoms with Crippen LogP contribution >= 0.6 is 39.3 Å². The highest BCUT2D eigenvalue weighted by molar-refractivity contribution is 9.10. The van der Waals surface area contributed by atoms with Crippen molar-refractivity contribution in [3.05, 3.63) is 57.5 Å². The van der Waals surface area contributed by atoms with Gasteiger partial charge >= 0.3 is 5.97 Å². The fraction of sp³-hybridized carbons (Fsp3) is 0.125. The molecular weight excluding hydrogens is 402 g/mol. The summed E-state index contributed by atoms with van der Waals surface area (Å²) < 4.78 is 5.63. The number of carbonyl (C=O) groups excluding carboxylic acids is 2. The van der Waals surface area contributed by atoms with E-state index in [2.05, 4.69) is 21.2 Å². The van der Waals surface area contributed by atoms with Crippen molar-refractivity contribution in [3.63, 3.8) is 0 Å². The lowest BCUT2D eigenvalue weighted by molar-refractivity contribution is -0.113. The summed E-state index contributed by atoms with van der Waals surface area (Å²) in [5.74, 6) is -0.566. The van der Waals surface area contributed by atoms with E-state index in [1.165, 1.54) is 31.0 Å². The molecule has 4 nitrogen and oxygen atoms in total. The smallest absolute Gasteiger partial charge is 0.339 e. The molecule has 0 atom stereocenters. The van der Waals surface area contributed by atoms with Crippen LogP contribution in [0.5, 0.6) is 0 Å². The minimum atomic E-state index is -0.532. The first-order valence-electron chi connectivity index (χ1n) is 6.56. The molecule has 0 aromatic heterocycles. The molecule has 0 heterocycles. The van der Waals surface area contributed by atoms with Gasteiger partial charge in [-0.15, -0.1) is 11.8 Å². The second-order valence-corrected chi connectivity index (χ2v) is 6.76. The van der Waals surface area contributed by atoms with Crippen LogP contribution in [0.3, 0.4) is 0 Å². The lowest BCUT2D eigenvalue weighted by Gasteiger charge is -2.10. The number of carbonyl (C=O) groups is 2. The number of hydrogen-bond donors (Lipinski definition) is 1. The summed E-state index contributed by atoms with van der Waals surface area (Å²) in [6.07, 6.45) is 0. The SMILES string of the molecule is COC(=O)c1ccc(Cl)cc1NC(=O)CSc1ccccc1Br. The van der Waals surface area contributed by atoms with E-state index >= 15 is 0 Å². The standard InChI is InChI=1S/C16H13BrClNO3S/c1-22-16(21)11-7-6-10(18)8-13(11)19-15(20)9-23-14-5-3-2-4-12(14)17/h2-8H,9H2,1H3,(H,19,20). The van der Waals surface area contributed by atoms with E-state index in [1.54, 1.807) is 6.07 Å². The predicted octanol–water partition coefficient (Wildman–Crippen LogP) is 4.62. The highest BCUT2D eigenvalue weighted by atomic mass is 79.9. The van der Waals surface area contributed by atoms with Gasteiger partial charge in [-0.2, -0.15) is 0 Å². The van der Waals surface area contributed by atoms with Gasteiger partial charge in [0.1, 0.15) is 0 Å². The highest BCUT2D eigenvalue weighted by Gasteiger charge is 2.15. The van der Waals surface area contributed by atoms with Crippen LogP contribution in [0.4, 0.5) is 5.69 Å². The van der Waals surface area contributed by atoms with Crippen molar-refractivity contribution >= 4 is 56.9 Å². The van der Waals surface area contributed by atoms with E-state index in [1.807, 2.05) is 24.3 Å². The van der Waals surface area contributed by atoms with Crippen molar-refractivity contribution in [2.24, 2.45) is 0 Å². The van der Waals surface area contributed by atoms with Crippen LogP contribution in [-0.4, -0.2) is 24.7 Å². The summed E-state index contributed by atoms with van der Waals surface area (Å²) in [6, 6.07) is 12.2. The molecule has 0 aliphatic rings. The van der Waals surface area contributed by atoms with E-state index in [4.69, 9.17) is 16.3 Å². The normalized spacial score (nSPS) is 10.2. The number of halogens is 2. The van der Waals surface area contributed by atoms with Crippen LogP contribution in [0, 0.1) is 0 Å². The number of benzene rings is 2. The Hall–Kier alpha value is -1.50. The fourth-order valence-electron chi connectivity index (χ4n) is 1.80. The summed E-state index contributed by atoms with van der Waals surface area (Å²) in [6.45, 7) is 0. The monoisotopic (exact) mass is 413 g/mol. The summed E-state index contributed by atoms with van der Waals surface area (Å²) in [7, 11) is 1.28. The van der Waals surface area contributed by atoms with E-state index < -0.39 is 5.97 Å². The molecule has 0 aliphatic heterocycles. The first-order chi connectivity index (χ1) is 11.0. The van der Waals surface area contributed by atoms with E-state index in [9.17, 15) is 9.59 Å². The second-order valence-electron chi connectivity index (χ2n) is 4.45. The first-order valence-corrected chi connectivity index (χ1v) is 8.72. The molecule has 7 heteroatoms. The van der Waals surface area contributed by atoms with Crippen LogP contribution in [0.25, 0.3) is 0 Å². The van der Waals surface area contributed by atoms with E-state index in [0.29, 0.717) is 10.7 Å². The van der Waals surface area contributed by atoms with Gasteiger partial charge < -0.3 is 10.1 Å². The van der Waals surface area contributed by atoms with Gasteiger partial charge in [0.05, 0.1) is 24.1 Å². The van der Waals surface area contributed by atoms with E-state index in [0.717, 1.165) is 9.37 Å². The molecule has 0 radical (unpaired) electrons. The number of anilines is 1. The Labute approximate surface area is 151 Å². The lowest BCUT2D eigenvalue weighted by Crippen LogP contribution is -2.17. The number of nitrogens with one attached hydrogen (secondary N) is 1. The molecule has 0 spiro atoms. The molecule has 23 heavy (non-hydrogen) atoms. The van der Waals surface area contributed by atoms with Crippen LogP contribution in [0.15, 0.2) is 51.8 Å². The maximum atomic E-state index is 12.1. The molecule has 0 saturated carbocycles. The first kappa shape index (κ1) is 17.8. The van der Waals surface area contributed by atoms with Crippen LogP contribution in [0.1, 0.15) is 10.4 Å². The molecule has 120 valence electrons. The number of methoxy groups -OCH3 is 1. The third-order valence-electron chi connectivity index (χ3n) is 2.86. The average Bonchev–Trinajstić information content (AvgIpc) is 2.53. The number of hydrogen-bond acceptors (Lipinski definition) is 4. The third kappa shape index (κ3) is 4.99. The summed E-state index contributed by atoms with van der Waals surface area (Å²) in [5.41, 5.74) is 0.596. The van der Waals surface area contributed by atoms with Crippen molar-refractivity contribution in [2.45, 2.75) is 4.90 Å². The van der Waals surface area contributed by atoms with Crippen LogP contribution in [0.2, 0.25) is 5.02 Å². The minimum Gasteiger partial charge on any atom is -0.465 e.